The van der Waals surface area contributed by atoms with Gasteiger partial charge in [-0.25, -0.2) is 4.79 Å². The number of ether oxygens (including phenoxy) is 3. The summed E-state index contributed by atoms with van der Waals surface area (Å²) in [6, 6.07) is 0. The van der Waals surface area contributed by atoms with E-state index in [1.807, 2.05) is 20.8 Å². The van der Waals surface area contributed by atoms with Gasteiger partial charge in [0.1, 0.15) is 0 Å². The van der Waals surface area contributed by atoms with Crippen molar-refractivity contribution in [3.05, 3.63) is 0 Å². The third-order valence-electron chi connectivity index (χ3n) is 2.95. The van der Waals surface area contributed by atoms with E-state index in [4.69, 9.17) is 25.1 Å². The first-order valence-electron chi connectivity index (χ1n) is 7.83. The number of carbonyl (C=O) groups is 1. The Labute approximate surface area is 133 Å². The third kappa shape index (κ3) is 11.7. The molecule has 0 aliphatic carbocycles. The van der Waals surface area contributed by atoms with E-state index in [1.165, 1.54) is 4.90 Å². The molecule has 0 aromatic heterocycles. The van der Waals surface area contributed by atoms with Crippen LogP contribution >= 0.6 is 0 Å². The first-order valence-corrected chi connectivity index (χ1v) is 7.83. The molecule has 0 radical (unpaired) electrons. The van der Waals surface area contributed by atoms with E-state index in [0.29, 0.717) is 59.2 Å². The molecule has 132 valence electrons. The average Bonchev–Trinajstić information content (AvgIpc) is 2.42. The molecule has 0 atom stereocenters. The van der Waals surface area contributed by atoms with Gasteiger partial charge in [-0.1, -0.05) is 0 Å². The molecule has 0 saturated carbocycles. The molecular formula is C15H32N2O5. The topological polar surface area (TPSA) is 94.3 Å². The minimum absolute atomic E-state index is 0.390. The summed E-state index contributed by atoms with van der Waals surface area (Å²) < 4.78 is 16.1. The average molecular weight is 320 g/mol. The number of rotatable bonds is 13. The summed E-state index contributed by atoms with van der Waals surface area (Å²) in [5.74, 6) is 0. The molecule has 0 bridgehead atoms. The predicted molar refractivity (Wildman–Crippen MR) is 85.2 cm³/mol. The second kappa shape index (κ2) is 12.6. The van der Waals surface area contributed by atoms with Crippen LogP contribution in [0.15, 0.2) is 0 Å². The van der Waals surface area contributed by atoms with Crippen molar-refractivity contribution in [1.82, 2.24) is 4.90 Å². The number of amides is 1. The van der Waals surface area contributed by atoms with Crippen LogP contribution in [0.5, 0.6) is 0 Å². The van der Waals surface area contributed by atoms with Gasteiger partial charge in [0.15, 0.2) is 0 Å². The first-order chi connectivity index (χ1) is 10.4. The Morgan fingerprint density at radius 2 is 1.41 bits per heavy atom. The molecule has 0 unspecified atom stereocenters. The molecule has 7 nitrogen and oxygen atoms in total. The maximum absolute atomic E-state index is 11.1. The predicted octanol–water partition coefficient (Wildman–Crippen LogP) is 1.55. The van der Waals surface area contributed by atoms with Crippen molar-refractivity contribution in [3.63, 3.8) is 0 Å². The van der Waals surface area contributed by atoms with E-state index in [9.17, 15) is 4.79 Å². The maximum atomic E-state index is 11.1. The molecular weight excluding hydrogens is 288 g/mol. The number of nitrogens with zero attached hydrogens (tertiary/aromatic N) is 1. The highest BCUT2D eigenvalue weighted by molar-refractivity contribution is 5.65. The van der Waals surface area contributed by atoms with Crippen LogP contribution < -0.4 is 5.73 Å². The van der Waals surface area contributed by atoms with Gasteiger partial charge in [-0.2, -0.15) is 0 Å². The Morgan fingerprint density at radius 3 is 1.82 bits per heavy atom. The Hall–Kier alpha value is -0.890. The Bertz CT molecular complexity index is 282. The van der Waals surface area contributed by atoms with Gasteiger partial charge in [0.2, 0.25) is 0 Å². The van der Waals surface area contributed by atoms with E-state index in [-0.39, 0.29) is 0 Å². The molecule has 0 aromatic rings. The van der Waals surface area contributed by atoms with Crippen LogP contribution in [0.2, 0.25) is 0 Å². The lowest BCUT2D eigenvalue weighted by Gasteiger charge is -2.33. The number of carboxylic acid groups (broad SMARTS) is 1. The first kappa shape index (κ1) is 21.1. The van der Waals surface area contributed by atoms with Gasteiger partial charge in [-0.15, -0.1) is 0 Å². The monoisotopic (exact) mass is 320 g/mol. The van der Waals surface area contributed by atoms with Gasteiger partial charge >= 0.3 is 6.09 Å². The fourth-order valence-electron chi connectivity index (χ4n) is 1.77. The zero-order valence-corrected chi connectivity index (χ0v) is 14.2. The molecule has 0 heterocycles. The lowest BCUT2D eigenvalue weighted by Crippen LogP contribution is -2.45. The Morgan fingerprint density at radius 1 is 0.955 bits per heavy atom. The van der Waals surface area contributed by atoms with E-state index in [0.717, 1.165) is 6.42 Å². The van der Waals surface area contributed by atoms with Gasteiger partial charge in [-0.05, 0) is 40.2 Å². The highest BCUT2D eigenvalue weighted by Crippen LogP contribution is 2.13. The maximum Gasteiger partial charge on any atom is 0.407 e. The normalized spacial score (nSPS) is 11.6. The molecule has 22 heavy (non-hydrogen) atoms. The lowest BCUT2D eigenvalue weighted by atomic mass is 10.1. The van der Waals surface area contributed by atoms with Crippen molar-refractivity contribution >= 4 is 6.09 Å². The molecule has 3 N–H and O–H groups in total. The second-order valence-corrected chi connectivity index (χ2v) is 5.94. The van der Waals surface area contributed by atoms with Crippen molar-refractivity contribution in [3.8, 4) is 0 Å². The van der Waals surface area contributed by atoms with E-state index < -0.39 is 11.6 Å². The summed E-state index contributed by atoms with van der Waals surface area (Å²) in [7, 11) is 0. The second-order valence-electron chi connectivity index (χ2n) is 5.94. The van der Waals surface area contributed by atoms with Crippen LogP contribution in [0.3, 0.4) is 0 Å². The largest absolute Gasteiger partial charge is 0.465 e. The van der Waals surface area contributed by atoms with Crippen molar-refractivity contribution in [2.75, 3.05) is 52.7 Å². The van der Waals surface area contributed by atoms with Crippen LogP contribution in [0.1, 0.15) is 33.6 Å². The van der Waals surface area contributed by atoms with Gasteiger partial charge in [0.25, 0.3) is 0 Å². The molecule has 0 spiro atoms. The zero-order valence-electron chi connectivity index (χ0n) is 14.2. The lowest BCUT2D eigenvalue weighted by molar-refractivity contribution is 0.0118. The van der Waals surface area contributed by atoms with Gasteiger partial charge < -0.3 is 30.0 Å². The van der Waals surface area contributed by atoms with Crippen molar-refractivity contribution in [1.29, 1.82) is 0 Å². The van der Waals surface area contributed by atoms with Gasteiger partial charge in [-0.3, -0.25) is 0 Å². The smallest absolute Gasteiger partial charge is 0.407 e. The standard InChI is InChI=1S/C15H32N2O5/c1-15(2,3)17(14(18)19)7-5-9-21-11-13-22-12-10-20-8-4-6-16/h4-13,16H2,1-3H3,(H,18,19). The molecule has 7 heteroatoms. The van der Waals surface area contributed by atoms with Crippen LogP contribution in [0.25, 0.3) is 0 Å². The highest BCUT2D eigenvalue weighted by Gasteiger charge is 2.25. The molecule has 0 saturated heterocycles. The third-order valence-corrected chi connectivity index (χ3v) is 2.95. The molecule has 1 amide bonds. The number of hydrogen-bond acceptors (Lipinski definition) is 5. The molecule has 0 rings (SSSR count). The SMILES string of the molecule is CC(C)(C)N(CCCOCCOCCOCCCN)C(=O)O. The van der Waals surface area contributed by atoms with Crippen molar-refractivity contribution < 1.29 is 24.1 Å². The minimum Gasteiger partial charge on any atom is -0.465 e. The van der Waals surface area contributed by atoms with E-state index in [1.54, 1.807) is 0 Å². The van der Waals surface area contributed by atoms with E-state index in [2.05, 4.69) is 0 Å². The molecule has 0 aromatic carbocycles. The summed E-state index contributed by atoms with van der Waals surface area (Å²) in [6.07, 6.45) is 0.641. The van der Waals surface area contributed by atoms with Gasteiger partial charge in [0, 0.05) is 25.3 Å². The number of hydrogen-bond donors (Lipinski definition) is 2. The van der Waals surface area contributed by atoms with Crippen molar-refractivity contribution in [2.45, 2.75) is 39.2 Å². The summed E-state index contributed by atoms with van der Waals surface area (Å²) >= 11 is 0. The highest BCUT2D eigenvalue weighted by atomic mass is 16.5. The fraction of sp³-hybridized carbons (Fsp3) is 0.933. The summed E-state index contributed by atoms with van der Waals surface area (Å²) in [6.45, 7) is 10.1. The van der Waals surface area contributed by atoms with Crippen molar-refractivity contribution in [2.24, 2.45) is 5.73 Å². The number of nitrogens with two attached hydrogens (primary N) is 1. The fourth-order valence-corrected chi connectivity index (χ4v) is 1.77. The Balaban J connectivity index is 3.41. The molecule has 0 fully saturated rings. The molecule has 0 aliphatic rings. The Kier molecular flexibility index (Phi) is 12.1. The van der Waals surface area contributed by atoms with Crippen LogP contribution in [0, 0.1) is 0 Å². The van der Waals surface area contributed by atoms with Crippen LogP contribution in [-0.4, -0.2) is 74.4 Å². The molecule has 0 aliphatic heterocycles. The zero-order chi connectivity index (χ0) is 16.8. The summed E-state index contributed by atoms with van der Waals surface area (Å²) in [4.78, 5) is 12.5. The summed E-state index contributed by atoms with van der Waals surface area (Å²) in [5, 5.41) is 9.13. The van der Waals surface area contributed by atoms with Gasteiger partial charge in [0.05, 0.1) is 26.4 Å². The van der Waals surface area contributed by atoms with Crippen LogP contribution in [-0.2, 0) is 14.2 Å². The van der Waals surface area contributed by atoms with Crippen LogP contribution in [0.4, 0.5) is 4.79 Å². The minimum atomic E-state index is -0.898. The summed E-state index contributed by atoms with van der Waals surface area (Å²) in [5.41, 5.74) is 4.95. The van der Waals surface area contributed by atoms with E-state index >= 15 is 0 Å². The quantitative estimate of drug-likeness (QED) is 0.500.